The van der Waals surface area contributed by atoms with E-state index in [1.807, 2.05) is 23.1 Å². The smallest absolute Gasteiger partial charge is 0.255 e. The molecule has 3 aromatic rings. The van der Waals surface area contributed by atoms with Crippen LogP contribution in [0.2, 0.25) is 0 Å². The van der Waals surface area contributed by atoms with E-state index in [1.165, 1.54) is 10.4 Å². The molecule has 0 saturated carbocycles. The molecule has 1 fully saturated rings. The molecule has 2 aromatic heterocycles. The number of benzene rings is 1. The van der Waals surface area contributed by atoms with E-state index >= 15 is 0 Å². The third kappa shape index (κ3) is 4.39. The first-order valence-corrected chi connectivity index (χ1v) is 11.4. The molecule has 1 aromatic carbocycles. The van der Waals surface area contributed by atoms with Gasteiger partial charge in [0.25, 0.3) is 5.91 Å². The lowest BCUT2D eigenvalue weighted by Gasteiger charge is -2.43. The normalized spacial score (nSPS) is 18.6. The van der Waals surface area contributed by atoms with Crippen LogP contribution in [0.1, 0.15) is 28.8 Å². The van der Waals surface area contributed by atoms with Crippen LogP contribution < -0.4 is 0 Å². The number of carbonyl (C=O) groups is 2. The van der Waals surface area contributed by atoms with Crippen molar-refractivity contribution in [1.29, 1.82) is 0 Å². The number of nitrogens with zero attached hydrogens (tertiary/aromatic N) is 3. The van der Waals surface area contributed by atoms with E-state index in [9.17, 15) is 9.59 Å². The highest BCUT2D eigenvalue weighted by Crippen LogP contribution is 2.39. The molecule has 5 nitrogen and oxygen atoms in total. The van der Waals surface area contributed by atoms with Crippen molar-refractivity contribution in [3.05, 3.63) is 77.4 Å². The fraction of sp³-hybridized carbons (Fsp3) is 0.320. The van der Waals surface area contributed by atoms with Gasteiger partial charge in [0.05, 0.1) is 11.0 Å². The van der Waals surface area contributed by atoms with E-state index in [1.54, 1.807) is 54.9 Å². The molecule has 0 spiro atoms. The first-order valence-electron chi connectivity index (χ1n) is 10.5. The Kier molecular flexibility index (Phi) is 6.18. The quantitative estimate of drug-likeness (QED) is 0.601. The summed E-state index contributed by atoms with van der Waals surface area (Å²) >= 11 is 1.70. The SMILES string of the molecule is CN(C)C(=O)C1(Cc2ccccc2-c2cccs2)CCCN(C(=O)c2cccnc2)C1. The largest absolute Gasteiger partial charge is 0.348 e. The second-order valence-corrected chi connectivity index (χ2v) is 9.31. The van der Waals surface area contributed by atoms with Crippen LogP contribution >= 0.6 is 11.3 Å². The van der Waals surface area contributed by atoms with Gasteiger partial charge in [0.15, 0.2) is 0 Å². The van der Waals surface area contributed by atoms with Crippen molar-refractivity contribution < 1.29 is 9.59 Å². The van der Waals surface area contributed by atoms with Crippen molar-refractivity contribution >= 4 is 23.2 Å². The van der Waals surface area contributed by atoms with Gasteiger partial charge < -0.3 is 9.80 Å². The lowest BCUT2D eigenvalue weighted by Crippen LogP contribution is -2.54. The Balaban J connectivity index is 1.69. The van der Waals surface area contributed by atoms with Gasteiger partial charge in [0.1, 0.15) is 0 Å². The molecule has 4 rings (SSSR count). The number of amides is 2. The maximum absolute atomic E-state index is 13.5. The zero-order valence-electron chi connectivity index (χ0n) is 18.0. The van der Waals surface area contributed by atoms with Crippen LogP contribution in [-0.4, -0.2) is 53.8 Å². The molecule has 6 heteroatoms. The number of carbonyl (C=O) groups excluding carboxylic acids is 2. The Morgan fingerprint density at radius 2 is 1.97 bits per heavy atom. The van der Waals surface area contributed by atoms with Gasteiger partial charge in [0.2, 0.25) is 5.91 Å². The highest BCUT2D eigenvalue weighted by Gasteiger charge is 2.44. The van der Waals surface area contributed by atoms with Crippen molar-refractivity contribution in [2.45, 2.75) is 19.3 Å². The van der Waals surface area contributed by atoms with Crippen LogP contribution in [0.5, 0.6) is 0 Å². The van der Waals surface area contributed by atoms with Crippen LogP contribution in [0.3, 0.4) is 0 Å². The topological polar surface area (TPSA) is 53.5 Å². The fourth-order valence-corrected chi connectivity index (χ4v) is 5.34. The molecule has 160 valence electrons. The monoisotopic (exact) mass is 433 g/mol. The van der Waals surface area contributed by atoms with E-state index < -0.39 is 5.41 Å². The molecule has 0 bridgehead atoms. The molecule has 2 amide bonds. The van der Waals surface area contributed by atoms with Gasteiger partial charge in [-0.3, -0.25) is 14.6 Å². The van der Waals surface area contributed by atoms with E-state index in [0.717, 1.165) is 18.4 Å². The number of thiophene rings is 1. The van der Waals surface area contributed by atoms with E-state index in [2.05, 4.69) is 28.6 Å². The van der Waals surface area contributed by atoms with Crippen LogP contribution in [0.15, 0.2) is 66.3 Å². The molecule has 3 heterocycles. The average molecular weight is 434 g/mol. The minimum absolute atomic E-state index is 0.0599. The highest BCUT2D eigenvalue weighted by molar-refractivity contribution is 7.13. The van der Waals surface area contributed by atoms with Gasteiger partial charge in [-0.15, -0.1) is 11.3 Å². The van der Waals surface area contributed by atoms with Crippen LogP contribution in [0, 0.1) is 5.41 Å². The molecule has 0 aliphatic carbocycles. The van der Waals surface area contributed by atoms with Gasteiger partial charge in [-0.1, -0.05) is 30.3 Å². The van der Waals surface area contributed by atoms with Crippen molar-refractivity contribution in [3.8, 4) is 10.4 Å². The molecule has 1 aliphatic rings. The van der Waals surface area contributed by atoms with E-state index in [-0.39, 0.29) is 11.8 Å². The van der Waals surface area contributed by atoms with Gasteiger partial charge in [0, 0.05) is 44.5 Å². The van der Waals surface area contributed by atoms with E-state index in [0.29, 0.717) is 25.1 Å². The minimum atomic E-state index is -0.646. The van der Waals surface area contributed by atoms with Crippen molar-refractivity contribution in [1.82, 2.24) is 14.8 Å². The number of hydrogen-bond acceptors (Lipinski definition) is 4. The van der Waals surface area contributed by atoms with Crippen LogP contribution in [-0.2, 0) is 11.2 Å². The Morgan fingerprint density at radius 3 is 2.68 bits per heavy atom. The summed E-state index contributed by atoms with van der Waals surface area (Å²) in [6.07, 6.45) is 5.42. The number of rotatable bonds is 5. The zero-order valence-corrected chi connectivity index (χ0v) is 18.8. The Morgan fingerprint density at radius 1 is 1.13 bits per heavy atom. The maximum atomic E-state index is 13.5. The molecule has 1 atom stereocenters. The maximum Gasteiger partial charge on any atom is 0.255 e. The summed E-state index contributed by atoms with van der Waals surface area (Å²) in [6.45, 7) is 1.07. The Bertz CT molecular complexity index is 1050. The lowest BCUT2D eigenvalue weighted by atomic mass is 9.73. The molecule has 1 aliphatic heterocycles. The van der Waals surface area contributed by atoms with Crippen LogP contribution in [0.4, 0.5) is 0 Å². The summed E-state index contributed by atoms with van der Waals surface area (Å²) in [5.74, 6) is 0.0208. The zero-order chi connectivity index (χ0) is 21.8. The molecule has 31 heavy (non-hydrogen) atoms. The number of hydrogen-bond donors (Lipinski definition) is 0. The Labute approximate surface area is 187 Å². The second-order valence-electron chi connectivity index (χ2n) is 8.36. The molecule has 1 unspecified atom stereocenters. The number of aromatic nitrogens is 1. The first-order chi connectivity index (χ1) is 15.0. The predicted octanol–water partition coefficient (Wildman–Crippen LogP) is 4.36. The summed E-state index contributed by atoms with van der Waals surface area (Å²) in [5, 5.41) is 2.07. The summed E-state index contributed by atoms with van der Waals surface area (Å²) in [7, 11) is 3.61. The van der Waals surface area contributed by atoms with Crippen molar-refractivity contribution in [3.63, 3.8) is 0 Å². The lowest BCUT2D eigenvalue weighted by molar-refractivity contribution is -0.142. The predicted molar refractivity (Wildman–Crippen MR) is 124 cm³/mol. The Hall–Kier alpha value is -2.99. The highest BCUT2D eigenvalue weighted by atomic mass is 32.1. The summed E-state index contributed by atoms with van der Waals surface area (Å²) in [5.41, 5.74) is 2.23. The minimum Gasteiger partial charge on any atom is -0.348 e. The van der Waals surface area contributed by atoms with Gasteiger partial charge in [-0.2, -0.15) is 0 Å². The molecule has 0 N–H and O–H groups in total. The fourth-order valence-electron chi connectivity index (χ4n) is 4.56. The van der Waals surface area contributed by atoms with Gasteiger partial charge >= 0.3 is 0 Å². The molecule has 1 saturated heterocycles. The van der Waals surface area contributed by atoms with Gasteiger partial charge in [-0.25, -0.2) is 0 Å². The number of pyridine rings is 1. The van der Waals surface area contributed by atoms with Crippen molar-refractivity contribution in [2.24, 2.45) is 5.41 Å². The van der Waals surface area contributed by atoms with E-state index in [4.69, 9.17) is 0 Å². The summed E-state index contributed by atoms with van der Waals surface area (Å²) in [6, 6.07) is 16.0. The third-order valence-corrected chi connectivity index (χ3v) is 6.87. The molecular formula is C25H27N3O2S. The molecular weight excluding hydrogens is 406 g/mol. The van der Waals surface area contributed by atoms with Crippen molar-refractivity contribution in [2.75, 3.05) is 27.2 Å². The summed E-state index contributed by atoms with van der Waals surface area (Å²) in [4.78, 5) is 35.4. The van der Waals surface area contributed by atoms with Crippen LogP contribution in [0.25, 0.3) is 10.4 Å². The standard InChI is InChI=1S/C25H27N3O2S/c1-27(2)24(30)25(16-19-8-3-4-10-21(19)22-11-6-15-31-22)12-7-14-28(18-25)23(29)20-9-5-13-26-17-20/h3-6,8-11,13,15,17H,7,12,14,16,18H2,1-2H3. The first kappa shape index (κ1) is 21.2. The average Bonchev–Trinajstić information content (AvgIpc) is 3.34. The number of piperidine rings is 1. The number of likely N-dealkylation sites (tertiary alicyclic amines) is 1. The molecule has 0 radical (unpaired) electrons. The summed E-state index contributed by atoms with van der Waals surface area (Å²) < 4.78 is 0. The second kappa shape index (κ2) is 9.02. The van der Waals surface area contributed by atoms with Gasteiger partial charge in [-0.05, 0) is 54.0 Å². The third-order valence-electron chi connectivity index (χ3n) is 5.97.